The van der Waals surface area contributed by atoms with Gasteiger partial charge >= 0.3 is 0 Å². The van der Waals surface area contributed by atoms with Gasteiger partial charge < -0.3 is 37.0 Å². The maximum absolute atomic E-state index is 15.6. The third kappa shape index (κ3) is 9.43. The van der Waals surface area contributed by atoms with Crippen LogP contribution in [0, 0.1) is 5.82 Å². The van der Waals surface area contributed by atoms with Crippen LogP contribution in [-0.4, -0.2) is 63.0 Å². The van der Waals surface area contributed by atoms with Gasteiger partial charge in [0.1, 0.15) is 12.4 Å². The number of thiocarbonyl (C=S) groups is 1. The smallest absolute Gasteiger partial charge is 0.180 e. The average Bonchev–Trinajstić information content (AvgIpc) is 3.30. The summed E-state index contributed by atoms with van der Waals surface area (Å²) >= 11 is 5.66. The van der Waals surface area contributed by atoms with E-state index in [0.717, 1.165) is 97.3 Å². The molecule has 0 radical (unpaired) electrons. The Morgan fingerprint density at radius 1 is 0.877 bits per heavy atom. The number of anilines is 3. The van der Waals surface area contributed by atoms with Gasteiger partial charge in [-0.05, 0) is 84.2 Å². The van der Waals surface area contributed by atoms with Gasteiger partial charge in [0.2, 0.25) is 0 Å². The first-order valence-corrected chi connectivity index (χ1v) is 22.6. The molecule has 57 heavy (non-hydrogen) atoms. The quantitative estimate of drug-likeness (QED) is 0.102. The number of hydrogen-bond donors (Lipinski definition) is 3. The zero-order valence-electron chi connectivity index (χ0n) is 33.9. The fraction of sp³-hybridized carbons (Fsp3) is 0.457. The topological polar surface area (TPSA) is 73.5 Å². The monoisotopic (exact) mass is 875 g/mol. The van der Waals surface area contributed by atoms with Crippen molar-refractivity contribution in [3.63, 3.8) is 0 Å². The highest BCUT2D eigenvalue weighted by Crippen LogP contribution is 2.47. The number of hydrogen-bond acceptors (Lipinski definition) is 5. The molecule has 3 saturated heterocycles. The molecule has 0 amide bonds. The summed E-state index contributed by atoms with van der Waals surface area (Å²) in [4.78, 5) is 2.41. The Hall–Kier alpha value is -3.35. The summed E-state index contributed by atoms with van der Waals surface area (Å²) in [6.07, 6.45) is 9.02. The lowest BCUT2D eigenvalue weighted by Gasteiger charge is -2.55. The number of halogens is 2. The molecule has 0 aliphatic carbocycles. The third-order valence-electron chi connectivity index (χ3n) is 13.0. The van der Waals surface area contributed by atoms with E-state index in [9.17, 15) is 8.42 Å². The summed E-state index contributed by atoms with van der Waals surface area (Å²) < 4.78 is 44.9. The summed E-state index contributed by atoms with van der Waals surface area (Å²) in [5, 5.41) is 10.5. The average molecular weight is 877 g/mol. The zero-order valence-corrected chi connectivity index (χ0v) is 37.1. The molecule has 1 atom stereocenters. The number of benzene rings is 4. The molecule has 306 valence electrons. The number of sulfone groups is 1. The van der Waals surface area contributed by atoms with Crippen LogP contribution in [0.15, 0.2) is 95.9 Å². The minimum atomic E-state index is -3.56. The number of quaternary nitrogens is 1. The van der Waals surface area contributed by atoms with Gasteiger partial charge in [0.05, 0.1) is 42.0 Å². The molecule has 2 bridgehead atoms. The van der Waals surface area contributed by atoms with E-state index < -0.39 is 15.4 Å². The van der Waals surface area contributed by atoms with E-state index in [2.05, 4.69) is 60.1 Å². The van der Waals surface area contributed by atoms with Gasteiger partial charge in [-0.3, -0.25) is 5.32 Å². The second-order valence-corrected chi connectivity index (χ2v) is 19.4. The van der Waals surface area contributed by atoms with Crippen molar-refractivity contribution in [3.8, 4) is 0 Å². The van der Waals surface area contributed by atoms with E-state index >= 15 is 4.39 Å². The molecule has 4 aromatic rings. The van der Waals surface area contributed by atoms with Crippen LogP contribution in [0.25, 0.3) is 0 Å². The maximum Gasteiger partial charge on any atom is 0.180 e. The predicted molar refractivity (Wildman–Crippen MR) is 233 cm³/mol. The molecule has 0 spiro atoms. The molecule has 4 aromatic carbocycles. The van der Waals surface area contributed by atoms with E-state index in [0.29, 0.717) is 21.1 Å². The molecule has 1 unspecified atom stereocenters. The Bertz CT molecular complexity index is 2100. The molecule has 4 aliphatic heterocycles. The number of nitrogens with zero attached hydrogens (tertiary/aromatic N) is 2. The van der Waals surface area contributed by atoms with Crippen LogP contribution in [0.5, 0.6) is 0 Å². The van der Waals surface area contributed by atoms with Crippen molar-refractivity contribution in [2.24, 2.45) is 0 Å². The van der Waals surface area contributed by atoms with Crippen LogP contribution >= 0.6 is 12.2 Å². The molecule has 4 heterocycles. The summed E-state index contributed by atoms with van der Waals surface area (Å²) in [6, 6.07) is 29.9. The molecular weight excluding hydrogens is 818 g/mol. The first-order valence-electron chi connectivity index (χ1n) is 20.6. The van der Waals surface area contributed by atoms with Crippen molar-refractivity contribution >= 4 is 44.2 Å². The number of piperidine rings is 3. The van der Waals surface area contributed by atoms with Crippen molar-refractivity contribution in [2.45, 2.75) is 100 Å². The Labute approximate surface area is 356 Å². The van der Waals surface area contributed by atoms with Gasteiger partial charge in [-0.2, -0.15) is 0 Å². The second kappa shape index (κ2) is 17.9. The van der Waals surface area contributed by atoms with Crippen LogP contribution in [0.3, 0.4) is 0 Å². The van der Waals surface area contributed by atoms with E-state index in [-0.39, 0.29) is 34.6 Å². The highest BCUT2D eigenvalue weighted by atomic mass is 79.9. The molecule has 11 heteroatoms. The van der Waals surface area contributed by atoms with Gasteiger partial charge in [-0.25, -0.2) is 12.8 Å². The highest BCUT2D eigenvalue weighted by molar-refractivity contribution is 7.91. The molecule has 0 aromatic heterocycles. The minimum absolute atomic E-state index is 0. The van der Waals surface area contributed by atoms with Crippen molar-refractivity contribution in [3.05, 3.63) is 119 Å². The van der Waals surface area contributed by atoms with Crippen LogP contribution in [-0.2, 0) is 21.8 Å². The van der Waals surface area contributed by atoms with E-state index in [1.165, 1.54) is 24.8 Å². The van der Waals surface area contributed by atoms with Crippen molar-refractivity contribution in [2.75, 3.05) is 55.0 Å². The highest BCUT2D eigenvalue weighted by Gasteiger charge is 2.49. The van der Waals surface area contributed by atoms with E-state index in [1.807, 2.05) is 61.5 Å². The lowest BCUT2D eigenvalue weighted by atomic mass is 9.66. The van der Waals surface area contributed by atoms with Crippen LogP contribution in [0.4, 0.5) is 21.5 Å². The van der Waals surface area contributed by atoms with E-state index in [1.54, 1.807) is 18.2 Å². The third-order valence-corrected chi connectivity index (χ3v) is 15.2. The lowest BCUT2D eigenvalue weighted by molar-refractivity contribution is -0.955. The standard InChI is InChI=1S/C46H58FN5O2S2.BrH/c1-5-7-22-46(23-8-6-2)33-56(53,54)42-21-19-38(51(3)4)31-39(42)43(50-46)35-15-17-37(18-16-35)48-44(55)49-41-20-14-34(30-40(41)47)32-52-27-24-45(25-28-52,26-29-52)36-12-10-9-11-13-36;/h9-21,30-31,43,50H,5-8,22-29,32-33H2,1-4H3,(H-,48,49,55);1H. The first-order chi connectivity index (χ1) is 26.9. The van der Waals surface area contributed by atoms with E-state index in [4.69, 9.17) is 12.2 Å². The van der Waals surface area contributed by atoms with Crippen LogP contribution < -0.4 is 37.8 Å². The number of nitrogens with one attached hydrogen (secondary N) is 3. The number of rotatable bonds is 13. The fourth-order valence-electron chi connectivity index (χ4n) is 9.61. The molecule has 3 N–H and O–H groups in total. The van der Waals surface area contributed by atoms with Gasteiger partial charge in [0.15, 0.2) is 14.9 Å². The Balaban J connectivity index is 0.00000549. The Kier molecular flexibility index (Phi) is 13.6. The molecular formula is C46H59BrFN5O2S2. The van der Waals surface area contributed by atoms with Crippen molar-refractivity contribution < 1.29 is 34.3 Å². The lowest BCUT2D eigenvalue weighted by Crippen LogP contribution is -3.00. The summed E-state index contributed by atoms with van der Waals surface area (Å²) in [5.74, 6) is -0.232. The molecule has 4 aliphatic rings. The van der Waals surface area contributed by atoms with Crippen molar-refractivity contribution in [1.29, 1.82) is 0 Å². The predicted octanol–water partition coefficient (Wildman–Crippen LogP) is 6.74. The maximum atomic E-state index is 15.6. The second-order valence-electron chi connectivity index (χ2n) is 17.0. The van der Waals surface area contributed by atoms with Gasteiger partial charge in [-0.1, -0.05) is 88.1 Å². The minimum Gasteiger partial charge on any atom is -1.00 e. The van der Waals surface area contributed by atoms with Crippen LogP contribution in [0.1, 0.15) is 99.9 Å². The SMILES string of the molecule is CCCCC1(CCCC)CS(=O)(=O)c2ccc(N(C)C)cc2C(c2ccc(NC(=S)Nc3ccc(C[N+]45CCC(c6ccccc6)(CC4)CC5)cc3F)cc2)N1.[Br-]. The molecule has 7 nitrogen and oxygen atoms in total. The first kappa shape index (κ1) is 43.2. The normalized spacial score (nSPS) is 23.1. The number of fused-ring (bicyclic) bond motifs is 4. The number of unbranched alkanes of at least 4 members (excludes halogenated alkanes) is 2. The molecule has 3 fully saturated rings. The fourth-order valence-corrected chi connectivity index (χ4v) is 11.9. The Morgan fingerprint density at radius 2 is 1.53 bits per heavy atom. The zero-order chi connectivity index (χ0) is 39.6. The van der Waals surface area contributed by atoms with Crippen molar-refractivity contribution in [1.82, 2.24) is 5.32 Å². The van der Waals surface area contributed by atoms with Gasteiger partial charge in [0.25, 0.3) is 0 Å². The molecule has 8 rings (SSSR count). The van der Waals surface area contributed by atoms with Gasteiger partial charge in [0, 0.05) is 61.2 Å². The largest absolute Gasteiger partial charge is 1.00 e. The Morgan fingerprint density at radius 3 is 2.12 bits per heavy atom. The van der Waals surface area contributed by atoms with Crippen LogP contribution in [0.2, 0.25) is 0 Å². The summed E-state index contributed by atoms with van der Waals surface area (Å²) in [5.41, 5.74) is 6.05. The summed E-state index contributed by atoms with van der Waals surface area (Å²) in [7, 11) is 0.382. The van der Waals surface area contributed by atoms with Gasteiger partial charge in [-0.15, -0.1) is 0 Å². The molecule has 0 saturated carbocycles. The summed E-state index contributed by atoms with van der Waals surface area (Å²) in [6.45, 7) is 8.54.